The maximum atomic E-state index is 14.1. The summed E-state index contributed by atoms with van der Waals surface area (Å²) >= 11 is 7.47. The Hall–Kier alpha value is -3.31. The predicted octanol–water partition coefficient (Wildman–Crippen LogP) is 5.13. The quantitative estimate of drug-likeness (QED) is 0.407. The number of rotatable bonds is 7. The van der Waals surface area contributed by atoms with Gasteiger partial charge in [0.15, 0.2) is 18.5 Å². The van der Waals surface area contributed by atoms with Gasteiger partial charge in [0.05, 0.1) is 28.4 Å². The van der Waals surface area contributed by atoms with Crippen molar-refractivity contribution in [1.82, 2.24) is 14.9 Å². The third-order valence-electron chi connectivity index (χ3n) is 6.33. The third kappa shape index (κ3) is 5.52. The zero-order chi connectivity index (χ0) is 25.9. The minimum atomic E-state index is -0.819. The van der Waals surface area contributed by atoms with E-state index in [2.05, 4.69) is 10.1 Å². The molecule has 2 aromatic heterocycles. The van der Waals surface area contributed by atoms with Gasteiger partial charge in [-0.1, -0.05) is 22.8 Å². The molecular weight excluding hydrogens is 526 g/mol. The van der Waals surface area contributed by atoms with E-state index in [1.165, 1.54) is 42.8 Å². The molecule has 1 unspecified atom stereocenters. The van der Waals surface area contributed by atoms with Crippen LogP contribution in [-0.4, -0.2) is 53.3 Å². The van der Waals surface area contributed by atoms with Crippen molar-refractivity contribution in [2.45, 2.75) is 31.3 Å². The fourth-order valence-electron chi connectivity index (χ4n) is 4.38. The minimum absolute atomic E-state index is 0.122. The number of oxime groups is 1. The molecule has 12 heteroatoms. The monoisotopic (exact) mass is 548 g/mol. The van der Waals surface area contributed by atoms with Gasteiger partial charge in [0.2, 0.25) is 0 Å². The van der Waals surface area contributed by atoms with Crippen LogP contribution in [0.3, 0.4) is 0 Å². The number of thiazole rings is 1. The maximum Gasteiger partial charge on any atom is 0.260 e. The predicted molar refractivity (Wildman–Crippen MR) is 133 cm³/mol. The molecule has 0 saturated carbocycles. The topological polar surface area (TPSA) is 86.1 Å². The molecule has 1 atom stereocenters. The number of carbonyl (C=O) groups is 1. The molecular formula is C25H23ClF2N4O4S. The van der Waals surface area contributed by atoms with E-state index >= 15 is 0 Å². The van der Waals surface area contributed by atoms with Crippen LogP contribution in [0.25, 0.3) is 0 Å². The molecule has 5 rings (SSSR count). The number of pyridine rings is 1. The number of halogens is 3. The first-order valence-corrected chi connectivity index (χ1v) is 12.9. The van der Waals surface area contributed by atoms with Crippen molar-refractivity contribution in [2.75, 3.05) is 26.8 Å². The number of carbonyl (C=O) groups excluding carboxylic acids is 1. The van der Waals surface area contributed by atoms with E-state index in [-0.39, 0.29) is 36.3 Å². The zero-order valence-corrected chi connectivity index (χ0v) is 21.4. The van der Waals surface area contributed by atoms with Gasteiger partial charge in [-0.3, -0.25) is 4.79 Å². The fraction of sp³-hybridized carbons (Fsp3) is 0.360. The SMILES string of the molecule is COc1ncc(Cl)cc1OCC(=O)N1CCC(c2nc(C3=NOC(c4c(F)cccc4F)C3)cs2)CC1. The zero-order valence-electron chi connectivity index (χ0n) is 19.8. The van der Waals surface area contributed by atoms with Crippen molar-refractivity contribution < 1.29 is 27.9 Å². The van der Waals surface area contributed by atoms with Gasteiger partial charge in [0.1, 0.15) is 17.3 Å². The molecule has 194 valence electrons. The van der Waals surface area contributed by atoms with Gasteiger partial charge >= 0.3 is 0 Å². The number of hydrogen-bond acceptors (Lipinski definition) is 8. The number of nitrogens with zero attached hydrogens (tertiary/aromatic N) is 4. The van der Waals surface area contributed by atoms with E-state index in [1.54, 1.807) is 11.0 Å². The molecule has 0 N–H and O–H groups in total. The molecule has 1 saturated heterocycles. The molecule has 0 aliphatic carbocycles. The molecule has 4 heterocycles. The van der Waals surface area contributed by atoms with Crippen molar-refractivity contribution >= 4 is 34.6 Å². The molecule has 0 bridgehead atoms. The molecule has 8 nitrogen and oxygen atoms in total. The van der Waals surface area contributed by atoms with Crippen molar-refractivity contribution in [2.24, 2.45) is 5.16 Å². The summed E-state index contributed by atoms with van der Waals surface area (Å²) in [6.45, 7) is 1.00. The van der Waals surface area contributed by atoms with E-state index in [9.17, 15) is 13.6 Å². The van der Waals surface area contributed by atoms with E-state index in [0.29, 0.717) is 35.3 Å². The molecule has 0 spiro atoms. The maximum absolute atomic E-state index is 14.1. The summed E-state index contributed by atoms with van der Waals surface area (Å²) in [6.07, 6.45) is 2.37. The lowest BCUT2D eigenvalue weighted by molar-refractivity contribution is -0.134. The lowest BCUT2D eigenvalue weighted by atomic mass is 9.97. The van der Waals surface area contributed by atoms with Crippen LogP contribution in [0.5, 0.6) is 11.6 Å². The highest BCUT2D eigenvalue weighted by atomic mass is 35.5. The Kier molecular flexibility index (Phi) is 7.52. The molecule has 3 aromatic rings. The number of hydrogen-bond donors (Lipinski definition) is 0. The van der Waals surface area contributed by atoms with Gasteiger partial charge in [0.25, 0.3) is 11.8 Å². The summed E-state index contributed by atoms with van der Waals surface area (Å²) in [5.74, 6) is -0.677. The summed E-state index contributed by atoms with van der Waals surface area (Å²) in [5.41, 5.74) is 1.09. The second kappa shape index (κ2) is 11.0. The van der Waals surface area contributed by atoms with Gasteiger partial charge in [0, 0.05) is 43.1 Å². The second-order valence-corrected chi connectivity index (χ2v) is 9.97. The van der Waals surface area contributed by atoms with E-state index in [1.807, 2.05) is 5.38 Å². The molecule has 2 aliphatic rings. The first kappa shape index (κ1) is 25.3. The number of amides is 1. The smallest absolute Gasteiger partial charge is 0.260 e. The summed E-state index contributed by atoms with van der Waals surface area (Å²) in [5, 5.41) is 7.25. The molecule has 1 amide bonds. The molecule has 0 radical (unpaired) electrons. The lowest BCUT2D eigenvalue weighted by Crippen LogP contribution is -2.40. The molecule has 2 aliphatic heterocycles. The van der Waals surface area contributed by atoms with Crippen molar-refractivity contribution in [3.63, 3.8) is 0 Å². The number of ether oxygens (including phenoxy) is 2. The third-order valence-corrected chi connectivity index (χ3v) is 7.55. The van der Waals surface area contributed by atoms with Crippen LogP contribution in [0.2, 0.25) is 5.02 Å². The Labute approximate surface area is 220 Å². The largest absolute Gasteiger partial charge is 0.478 e. The van der Waals surface area contributed by atoms with Crippen LogP contribution >= 0.6 is 22.9 Å². The second-order valence-electron chi connectivity index (χ2n) is 8.65. The molecule has 1 aromatic carbocycles. The van der Waals surface area contributed by atoms with Crippen molar-refractivity contribution in [3.8, 4) is 11.6 Å². The van der Waals surface area contributed by atoms with Gasteiger partial charge < -0.3 is 19.2 Å². The Bertz CT molecular complexity index is 1310. The van der Waals surface area contributed by atoms with Gasteiger partial charge in [-0.05, 0) is 25.0 Å². The number of likely N-dealkylation sites (tertiary alicyclic amines) is 1. The fourth-order valence-corrected chi connectivity index (χ4v) is 5.53. The molecule has 1 fully saturated rings. The van der Waals surface area contributed by atoms with E-state index in [0.717, 1.165) is 17.8 Å². The van der Waals surface area contributed by atoms with Crippen molar-refractivity contribution in [1.29, 1.82) is 0 Å². The first-order valence-electron chi connectivity index (χ1n) is 11.7. The van der Waals surface area contributed by atoms with Crippen LogP contribution in [0.15, 0.2) is 41.0 Å². The number of benzene rings is 1. The minimum Gasteiger partial charge on any atom is -0.478 e. The Morgan fingerprint density at radius 1 is 1.27 bits per heavy atom. The average Bonchev–Trinajstić information content (AvgIpc) is 3.58. The Morgan fingerprint density at radius 3 is 2.76 bits per heavy atom. The Morgan fingerprint density at radius 2 is 2.03 bits per heavy atom. The highest BCUT2D eigenvalue weighted by molar-refractivity contribution is 7.10. The van der Waals surface area contributed by atoms with Crippen LogP contribution in [0, 0.1) is 11.6 Å². The van der Waals surface area contributed by atoms with Gasteiger partial charge in [-0.15, -0.1) is 11.3 Å². The standard InChI is InChI=1S/C25H23ClF2N4O4S/c1-34-24-21(9-15(26)11-29-24)35-12-22(33)32-7-5-14(6-8-32)25-30-19(13-37-25)18-10-20(36-31-18)23-16(27)3-2-4-17(23)28/h2-4,9,11,13-14,20H,5-8,10,12H2,1H3. The number of piperidine rings is 1. The average molecular weight is 549 g/mol. The van der Waals surface area contributed by atoms with Crippen LogP contribution in [0.4, 0.5) is 8.78 Å². The summed E-state index contributed by atoms with van der Waals surface area (Å²) in [6, 6.07) is 5.28. The number of methoxy groups -OCH3 is 1. The van der Waals surface area contributed by atoms with Crippen LogP contribution in [-0.2, 0) is 9.63 Å². The van der Waals surface area contributed by atoms with E-state index in [4.69, 9.17) is 30.9 Å². The van der Waals surface area contributed by atoms with Gasteiger partial charge in [-0.25, -0.2) is 18.7 Å². The lowest BCUT2D eigenvalue weighted by Gasteiger charge is -2.31. The normalized spacial score (nSPS) is 17.9. The Balaban J connectivity index is 1.14. The highest BCUT2D eigenvalue weighted by Crippen LogP contribution is 2.35. The van der Waals surface area contributed by atoms with Crippen LogP contribution in [0.1, 0.15) is 47.5 Å². The summed E-state index contributed by atoms with van der Waals surface area (Å²) in [7, 11) is 1.47. The van der Waals surface area contributed by atoms with Gasteiger partial charge in [-0.2, -0.15) is 0 Å². The summed E-state index contributed by atoms with van der Waals surface area (Å²) < 4.78 is 39.0. The number of aromatic nitrogens is 2. The highest BCUT2D eigenvalue weighted by Gasteiger charge is 2.31. The van der Waals surface area contributed by atoms with E-state index < -0.39 is 17.7 Å². The first-order chi connectivity index (χ1) is 17.9. The summed E-state index contributed by atoms with van der Waals surface area (Å²) in [4.78, 5) is 28.5. The molecule has 37 heavy (non-hydrogen) atoms. The van der Waals surface area contributed by atoms with Crippen LogP contribution < -0.4 is 9.47 Å². The van der Waals surface area contributed by atoms with Crippen molar-refractivity contribution in [3.05, 3.63) is 68.8 Å².